The molecular weight excluding hydrogens is 395 g/mol. The van der Waals surface area contributed by atoms with Crippen LogP contribution >= 0.6 is 34.8 Å². The molecule has 0 aliphatic carbocycles. The van der Waals surface area contributed by atoms with Crippen LogP contribution in [0.25, 0.3) is 0 Å². The molecule has 1 aliphatic rings. The third kappa shape index (κ3) is 4.20. The summed E-state index contributed by atoms with van der Waals surface area (Å²) in [6.07, 6.45) is 1.74. The maximum absolute atomic E-state index is 12.6. The second-order valence-corrected chi connectivity index (χ2v) is 7.43. The van der Waals surface area contributed by atoms with Crippen molar-refractivity contribution in [3.8, 4) is 5.75 Å². The van der Waals surface area contributed by atoms with E-state index in [1.165, 1.54) is 5.56 Å². The van der Waals surface area contributed by atoms with Gasteiger partial charge in [-0.15, -0.1) is 0 Å². The van der Waals surface area contributed by atoms with E-state index in [4.69, 9.17) is 39.5 Å². The third-order valence-corrected chi connectivity index (χ3v) is 5.41. The molecule has 0 spiro atoms. The molecule has 0 radical (unpaired) electrons. The monoisotopic (exact) mass is 412 g/mol. The lowest BCUT2D eigenvalue weighted by Gasteiger charge is -2.33. The summed E-state index contributed by atoms with van der Waals surface area (Å²) < 4.78 is 5.45. The molecule has 0 aromatic heterocycles. The molecule has 3 rings (SSSR count). The molecule has 1 saturated heterocycles. The zero-order valence-corrected chi connectivity index (χ0v) is 16.5. The van der Waals surface area contributed by atoms with Gasteiger partial charge in [0.15, 0.2) is 0 Å². The van der Waals surface area contributed by atoms with Gasteiger partial charge < -0.3 is 15.0 Å². The van der Waals surface area contributed by atoms with Crippen LogP contribution < -0.4 is 10.1 Å². The first kappa shape index (κ1) is 19.2. The summed E-state index contributed by atoms with van der Waals surface area (Å²) in [5.41, 5.74) is 1.58. The van der Waals surface area contributed by atoms with Gasteiger partial charge in [-0.2, -0.15) is 0 Å². The van der Waals surface area contributed by atoms with E-state index in [1.807, 2.05) is 18.2 Å². The van der Waals surface area contributed by atoms with Gasteiger partial charge in [-0.1, -0.05) is 53.0 Å². The van der Waals surface area contributed by atoms with Crippen molar-refractivity contribution in [3.63, 3.8) is 0 Å². The van der Waals surface area contributed by atoms with Crippen molar-refractivity contribution in [2.45, 2.75) is 18.8 Å². The number of benzene rings is 2. The lowest BCUT2D eigenvalue weighted by Crippen LogP contribution is -2.40. The highest BCUT2D eigenvalue weighted by Gasteiger charge is 2.26. The minimum atomic E-state index is -0.213. The molecule has 2 aromatic rings. The lowest BCUT2D eigenvalue weighted by molar-refractivity contribution is 0.194. The van der Waals surface area contributed by atoms with Crippen LogP contribution in [0.3, 0.4) is 0 Å². The van der Waals surface area contributed by atoms with Crippen LogP contribution in [0, 0.1) is 0 Å². The summed E-state index contributed by atoms with van der Waals surface area (Å²) in [6.45, 7) is 1.30. The average molecular weight is 414 g/mol. The summed E-state index contributed by atoms with van der Waals surface area (Å²) in [4.78, 5) is 14.3. The summed E-state index contributed by atoms with van der Waals surface area (Å²) in [7, 11) is 1.68. The molecule has 2 aromatic carbocycles. The fraction of sp³-hybridized carbons (Fsp3) is 0.316. The van der Waals surface area contributed by atoms with E-state index >= 15 is 0 Å². The SMILES string of the molecule is COc1ccccc1C1CCN(C(=O)Nc2c(Cl)cc(Cl)cc2Cl)CC1. The van der Waals surface area contributed by atoms with Gasteiger partial charge in [0.25, 0.3) is 0 Å². The van der Waals surface area contributed by atoms with Crippen LogP contribution in [-0.4, -0.2) is 31.1 Å². The van der Waals surface area contributed by atoms with Gasteiger partial charge in [0.05, 0.1) is 22.8 Å². The minimum absolute atomic E-state index is 0.213. The lowest BCUT2D eigenvalue weighted by atomic mass is 9.89. The molecule has 0 unspecified atom stereocenters. The number of halogens is 3. The zero-order chi connectivity index (χ0) is 18.7. The van der Waals surface area contributed by atoms with Crippen molar-refractivity contribution in [1.82, 2.24) is 4.90 Å². The van der Waals surface area contributed by atoms with E-state index in [0.29, 0.717) is 39.8 Å². The van der Waals surface area contributed by atoms with Crippen LogP contribution in [0.5, 0.6) is 5.75 Å². The second kappa shape index (κ2) is 8.38. The molecule has 1 aliphatic heterocycles. The predicted octanol–water partition coefficient (Wildman–Crippen LogP) is 6.07. The number of anilines is 1. The van der Waals surface area contributed by atoms with Crippen LogP contribution in [0.15, 0.2) is 36.4 Å². The Morgan fingerprint density at radius 2 is 1.73 bits per heavy atom. The summed E-state index contributed by atoms with van der Waals surface area (Å²) in [5, 5.41) is 3.86. The molecule has 138 valence electrons. The number of rotatable bonds is 3. The number of para-hydroxylation sites is 1. The molecule has 0 bridgehead atoms. The first-order valence-electron chi connectivity index (χ1n) is 8.33. The van der Waals surface area contributed by atoms with E-state index in [0.717, 1.165) is 18.6 Å². The van der Waals surface area contributed by atoms with E-state index in [-0.39, 0.29) is 6.03 Å². The van der Waals surface area contributed by atoms with E-state index < -0.39 is 0 Å². The third-order valence-electron chi connectivity index (χ3n) is 4.60. The molecule has 7 heteroatoms. The maximum Gasteiger partial charge on any atom is 0.321 e. The Balaban J connectivity index is 1.64. The van der Waals surface area contributed by atoms with Crippen LogP contribution in [0.2, 0.25) is 15.1 Å². The molecule has 0 atom stereocenters. The van der Waals surface area contributed by atoms with E-state index in [9.17, 15) is 4.79 Å². The highest BCUT2D eigenvalue weighted by molar-refractivity contribution is 6.42. The van der Waals surface area contributed by atoms with Crippen molar-refractivity contribution in [3.05, 3.63) is 57.0 Å². The molecule has 0 saturated carbocycles. The van der Waals surface area contributed by atoms with Crippen LogP contribution in [-0.2, 0) is 0 Å². The predicted molar refractivity (Wildman–Crippen MR) is 107 cm³/mol. The number of piperidine rings is 1. The quantitative estimate of drug-likeness (QED) is 0.664. The van der Waals surface area contributed by atoms with Crippen LogP contribution in [0.1, 0.15) is 24.3 Å². The summed E-state index contributed by atoms with van der Waals surface area (Å²) in [6, 6.07) is 10.9. The van der Waals surface area contributed by atoms with Crippen molar-refractivity contribution in [1.29, 1.82) is 0 Å². The molecular formula is C19H19Cl3N2O2. The van der Waals surface area contributed by atoms with Crippen molar-refractivity contribution < 1.29 is 9.53 Å². The number of carbonyl (C=O) groups excluding carboxylic acids is 1. The van der Waals surface area contributed by atoms with Crippen molar-refractivity contribution >= 4 is 46.5 Å². The Labute approximate surface area is 168 Å². The van der Waals surface area contributed by atoms with Gasteiger partial charge in [-0.3, -0.25) is 0 Å². The smallest absolute Gasteiger partial charge is 0.321 e. The largest absolute Gasteiger partial charge is 0.496 e. The zero-order valence-electron chi connectivity index (χ0n) is 14.3. The van der Waals surface area contributed by atoms with Gasteiger partial charge in [-0.05, 0) is 42.5 Å². The van der Waals surface area contributed by atoms with E-state index in [1.54, 1.807) is 24.1 Å². The van der Waals surface area contributed by atoms with Crippen molar-refractivity contribution in [2.24, 2.45) is 0 Å². The molecule has 4 nitrogen and oxygen atoms in total. The Hall–Kier alpha value is -1.62. The van der Waals surface area contributed by atoms with Crippen molar-refractivity contribution in [2.75, 3.05) is 25.5 Å². The van der Waals surface area contributed by atoms with Gasteiger partial charge in [0, 0.05) is 18.1 Å². The number of nitrogens with zero attached hydrogens (tertiary/aromatic N) is 1. The normalized spacial score (nSPS) is 15.0. The molecule has 2 amide bonds. The fourth-order valence-corrected chi connectivity index (χ4v) is 4.16. The standard InChI is InChI=1S/C19H19Cl3N2O2/c1-26-17-5-3-2-4-14(17)12-6-8-24(9-7-12)19(25)23-18-15(21)10-13(20)11-16(18)22/h2-5,10-12H,6-9H2,1H3,(H,23,25). The minimum Gasteiger partial charge on any atom is -0.496 e. The highest BCUT2D eigenvalue weighted by atomic mass is 35.5. The Kier molecular flexibility index (Phi) is 6.17. The highest BCUT2D eigenvalue weighted by Crippen LogP contribution is 2.36. The van der Waals surface area contributed by atoms with Gasteiger partial charge in [0.1, 0.15) is 5.75 Å². The Morgan fingerprint density at radius 1 is 1.12 bits per heavy atom. The first-order valence-corrected chi connectivity index (χ1v) is 9.46. The maximum atomic E-state index is 12.6. The molecule has 1 heterocycles. The number of urea groups is 1. The van der Waals surface area contributed by atoms with Gasteiger partial charge in [0.2, 0.25) is 0 Å². The number of carbonyl (C=O) groups is 1. The number of hydrogen-bond donors (Lipinski definition) is 1. The van der Waals surface area contributed by atoms with E-state index in [2.05, 4.69) is 11.4 Å². The summed E-state index contributed by atoms with van der Waals surface area (Å²) in [5.74, 6) is 1.27. The second-order valence-electron chi connectivity index (χ2n) is 6.18. The number of methoxy groups -OCH3 is 1. The number of hydrogen-bond acceptors (Lipinski definition) is 2. The Morgan fingerprint density at radius 3 is 2.35 bits per heavy atom. The number of likely N-dealkylation sites (tertiary alicyclic amines) is 1. The topological polar surface area (TPSA) is 41.6 Å². The van der Waals surface area contributed by atoms with Crippen LogP contribution in [0.4, 0.5) is 10.5 Å². The van der Waals surface area contributed by atoms with Gasteiger partial charge >= 0.3 is 6.03 Å². The average Bonchev–Trinajstić information content (AvgIpc) is 2.64. The number of nitrogens with one attached hydrogen (secondary N) is 1. The number of amides is 2. The first-order chi connectivity index (χ1) is 12.5. The molecule has 26 heavy (non-hydrogen) atoms. The Bertz CT molecular complexity index is 782. The molecule has 1 N–H and O–H groups in total. The fourth-order valence-electron chi connectivity index (χ4n) is 3.24. The molecule has 1 fully saturated rings. The number of ether oxygens (including phenoxy) is 1. The summed E-state index contributed by atoms with van der Waals surface area (Å²) >= 11 is 18.2. The van der Waals surface area contributed by atoms with Gasteiger partial charge in [-0.25, -0.2) is 4.79 Å².